The van der Waals surface area contributed by atoms with Gasteiger partial charge in [0.05, 0.1) is 5.92 Å². The minimum absolute atomic E-state index is 0.0422. The topological polar surface area (TPSA) is 46.3 Å². The monoisotopic (exact) mass is 316 g/mol. The molecule has 0 spiro atoms. The summed E-state index contributed by atoms with van der Waals surface area (Å²) in [5, 5.41) is 0. The Morgan fingerprint density at radius 3 is 2.78 bits per heavy atom. The van der Waals surface area contributed by atoms with Gasteiger partial charge in [-0.15, -0.1) is 0 Å². The first kappa shape index (κ1) is 15.1. The molecular formula is C13H18BrFN2O. The van der Waals surface area contributed by atoms with Crippen molar-refractivity contribution in [2.45, 2.75) is 19.9 Å². The van der Waals surface area contributed by atoms with Crippen LogP contribution in [0.3, 0.4) is 0 Å². The zero-order chi connectivity index (χ0) is 13.7. The van der Waals surface area contributed by atoms with Crippen molar-refractivity contribution in [1.82, 2.24) is 4.90 Å². The maximum atomic E-state index is 13.6. The zero-order valence-electron chi connectivity index (χ0n) is 10.6. The van der Waals surface area contributed by atoms with Crippen LogP contribution >= 0.6 is 15.9 Å². The highest BCUT2D eigenvalue weighted by molar-refractivity contribution is 9.10. The predicted molar refractivity (Wildman–Crippen MR) is 73.4 cm³/mol. The first-order chi connectivity index (χ1) is 8.49. The van der Waals surface area contributed by atoms with E-state index in [1.54, 1.807) is 19.2 Å². The van der Waals surface area contributed by atoms with Crippen LogP contribution in [0.1, 0.15) is 18.9 Å². The number of nitrogens with two attached hydrogens (primary N) is 1. The molecule has 0 saturated heterocycles. The lowest BCUT2D eigenvalue weighted by Gasteiger charge is -2.22. The van der Waals surface area contributed by atoms with E-state index in [0.717, 1.165) is 4.47 Å². The van der Waals surface area contributed by atoms with Gasteiger partial charge in [-0.3, -0.25) is 4.79 Å². The van der Waals surface area contributed by atoms with E-state index in [9.17, 15) is 9.18 Å². The number of rotatable bonds is 5. The SMILES string of the molecule is CCC(CN)C(=O)N(C)Cc1cc(Br)ccc1F. The van der Waals surface area contributed by atoms with Gasteiger partial charge >= 0.3 is 0 Å². The fourth-order valence-electron chi connectivity index (χ4n) is 1.75. The van der Waals surface area contributed by atoms with Crippen molar-refractivity contribution in [2.75, 3.05) is 13.6 Å². The molecule has 0 aliphatic carbocycles. The molecule has 1 aromatic carbocycles. The second-order valence-electron chi connectivity index (χ2n) is 4.27. The minimum atomic E-state index is -0.307. The third-order valence-electron chi connectivity index (χ3n) is 2.92. The van der Waals surface area contributed by atoms with E-state index in [4.69, 9.17) is 5.73 Å². The maximum absolute atomic E-state index is 13.6. The quantitative estimate of drug-likeness (QED) is 0.907. The molecule has 1 atom stereocenters. The van der Waals surface area contributed by atoms with Crippen molar-refractivity contribution >= 4 is 21.8 Å². The van der Waals surface area contributed by atoms with Gasteiger partial charge in [0.1, 0.15) is 5.82 Å². The Bertz CT molecular complexity index is 421. The second kappa shape index (κ2) is 6.85. The highest BCUT2D eigenvalue weighted by Gasteiger charge is 2.19. The second-order valence-corrected chi connectivity index (χ2v) is 5.19. The summed E-state index contributed by atoms with van der Waals surface area (Å²) in [4.78, 5) is 13.5. The molecular weight excluding hydrogens is 299 g/mol. The van der Waals surface area contributed by atoms with E-state index in [1.807, 2.05) is 6.92 Å². The Morgan fingerprint density at radius 1 is 1.56 bits per heavy atom. The van der Waals surface area contributed by atoms with Gasteiger partial charge < -0.3 is 10.6 Å². The van der Waals surface area contributed by atoms with Crippen molar-refractivity contribution in [3.63, 3.8) is 0 Å². The molecule has 0 aliphatic heterocycles. The molecule has 1 aromatic rings. The summed E-state index contributed by atoms with van der Waals surface area (Å²) in [6, 6.07) is 4.70. The Labute approximate surface area is 115 Å². The molecule has 0 aromatic heterocycles. The maximum Gasteiger partial charge on any atom is 0.226 e. The number of carbonyl (C=O) groups excluding carboxylic acids is 1. The number of benzene rings is 1. The minimum Gasteiger partial charge on any atom is -0.341 e. The van der Waals surface area contributed by atoms with Crippen LogP contribution in [0.25, 0.3) is 0 Å². The molecule has 3 nitrogen and oxygen atoms in total. The van der Waals surface area contributed by atoms with Crippen molar-refractivity contribution in [2.24, 2.45) is 11.7 Å². The number of nitrogens with zero attached hydrogens (tertiary/aromatic N) is 1. The van der Waals surface area contributed by atoms with Gasteiger partial charge in [-0.05, 0) is 24.6 Å². The van der Waals surface area contributed by atoms with Crippen molar-refractivity contribution in [3.8, 4) is 0 Å². The third kappa shape index (κ3) is 3.78. The zero-order valence-corrected chi connectivity index (χ0v) is 12.2. The summed E-state index contributed by atoms with van der Waals surface area (Å²) in [5.41, 5.74) is 6.03. The molecule has 0 fully saturated rings. The first-order valence-electron chi connectivity index (χ1n) is 5.88. The van der Waals surface area contributed by atoms with Crippen molar-refractivity contribution < 1.29 is 9.18 Å². The van der Waals surface area contributed by atoms with Gasteiger partial charge in [-0.1, -0.05) is 22.9 Å². The van der Waals surface area contributed by atoms with E-state index >= 15 is 0 Å². The molecule has 0 aliphatic rings. The fourth-order valence-corrected chi connectivity index (χ4v) is 2.16. The smallest absolute Gasteiger partial charge is 0.226 e. The molecule has 2 N–H and O–H groups in total. The molecule has 18 heavy (non-hydrogen) atoms. The molecule has 1 unspecified atom stereocenters. The van der Waals surface area contributed by atoms with Crippen LogP contribution in [0.15, 0.2) is 22.7 Å². The van der Waals surface area contributed by atoms with Gasteiger partial charge in [0.25, 0.3) is 0 Å². The summed E-state index contributed by atoms with van der Waals surface area (Å²) >= 11 is 3.29. The van der Waals surface area contributed by atoms with Gasteiger partial charge in [0, 0.05) is 30.2 Å². The molecule has 1 amide bonds. The number of amides is 1. The number of carbonyl (C=O) groups is 1. The molecule has 0 heterocycles. The van der Waals surface area contributed by atoms with Gasteiger partial charge in [-0.2, -0.15) is 0 Å². The number of halogens is 2. The largest absolute Gasteiger partial charge is 0.341 e. The Kier molecular flexibility index (Phi) is 5.75. The molecule has 0 radical (unpaired) electrons. The average Bonchev–Trinajstić information content (AvgIpc) is 2.35. The number of hydrogen-bond donors (Lipinski definition) is 1. The van der Waals surface area contributed by atoms with Crippen LogP contribution in [0.4, 0.5) is 4.39 Å². The lowest BCUT2D eigenvalue weighted by molar-refractivity contribution is -0.134. The summed E-state index contributed by atoms with van der Waals surface area (Å²) in [5.74, 6) is -0.539. The standard InChI is InChI=1S/C13H18BrFN2O/c1-3-9(7-16)13(18)17(2)8-10-6-11(14)4-5-12(10)15/h4-6,9H,3,7-8,16H2,1-2H3. The average molecular weight is 317 g/mol. The van der Waals surface area contributed by atoms with Crippen LogP contribution in [0.5, 0.6) is 0 Å². The van der Waals surface area contributed by atoms with Crippen molar-refractivity contribution in [3.05, 3.63) is 34.1 Å². The highest BCUT2D eigenvalue weighted by Crippen LogP contribution is 2.17. The van der Waals surface area contributed by atoms with E-state index < -0.39 is 0 Å². The normalized spacial score (nSPS) is 12.3. The van der Waals surface area contributed by atoms with Crippen LogP contribution in [0.2, 0.25) is 0 Å². The van der Waals surface area contributed by atoms with E-state index in [2.05, 4.69) is 15.9 Å². The third-order valence-corrected chi connectivity index (χ3v) is 3.41. The lowest BCUT2D eigenvalue weighted by atomic mass is 10.1. The van der Waals surface area contributed by atoms with Crippen LogP contribution in [-0.2, 0) is 11.3 Å². The summed E-state index contributed by atoms with van der Waals surface area (Å²) in [6.45, 7) is 2.49. The first-order valence-corrected chi connectivity index (χ1v) is 6.67. The Morgan fingerprint density at radius 2 is 2.22 bits per heavy atom. The van der Waals surface area contributed by atoms with E-state index in [0.29, 0.717) is 18.5 Å². The van der Waals surface area contributed by atoms with Gasteiger partial charge in [0.2, 0.25) is 5.91 Å². The summed E-state index contributed by atoms with van der Waals surface area (Å²) < 4.78 is 14.4. The van der Waals surface area contributed by atoms with Crippen LogP contribution < -0.4 is 5.73 Å². The Hall–Kier alpha value is -0.940. The highest BCUT2D eigenvalue weighted by atomic mass is 79.9. The van der Waals surface area contributed by atoms with Gasteiger partial charge in [0.15, 0.2) is 0 Å². The van der Waals surface area contributed by atoms with E-state index in [1.165, 1.54) is 11.0 Å². The van der Waals surface area contributed by atoms with Crippen LogP contribution in [-0.4, -0.2) is 24.4 Å². The molecule has 0 bridgehead atoms. The predicted octanol–water partition coefficient (Wildman–Crippen LogP) is 2.53. The summed E-state index contributed by atoms with van der Waals surface area (Å²) in [6.07, 6.45) is 0.695. The Balaban J connectivity index is 2.77. The van der Waals surface area contributed by atoms with Crippen LogP contribution in [0, 0.1) is 11.7 Å². The number of hydrogen-bond acceptors (Lipinski definition) is 2. The molecule has 5 heteroatoms. The fraction of sp³-hybridized carbons (Fsp3) is 0.462. The molecule has 1 rings (SSSR count). The summed E-state index contributed by atoms with van der Waals surface area (Å²) in [7, 11) is 1.67. The molecule has 100 valence electrons. The van der Waals surface area contributed by atoms with Gasteiger partial charge in [-0.25, -0.2) is 4.39 Å². The van der Waals surface area contributed by atoms with Crippen molar-refractivity contribution in [1.29, 1.82) is 0 Å². The lowest BCUT2D eigenvalue weighted by Crippen LogP contribution is -2.36. The van der Waals surface area contributed by atoms with E-state index in [-0.39, 0.29) is 24.2 Å². The molecule has 0 saturated carbocycles.